The van der Waals surface area contributed by atoms with Gasteiger partial charge in [0, 0.05) is 23.4 Å². The number of rotatable bonds is 7. The lowest BCUT2D eigenvalue weighted by molar-refractivity contribution is -0.121. The zero-order valence-electron chi connectivity index (χ0n) is 15.2. The van der Waals surface area contributed by atoms with Crippen molar-refractivity contribution in [2.45, 2.75) is 19.3 Å². The monoisotopic (exact) mass is 367 g/mol. The van der Waals surface area contributed by atoms with Gasteiger partial charge in [-0.3, -0.25) is 9.59 Å². The summed E-state index contributed by atoms with van der Waals surface area (Å²) in [6.07, 6.45) is 2.93. The quantitative estimate of drug-likeness (QED) is 0.701. The molecule has 142 valence electrons. The summed E-state index contributed by atoms with van der Waals surface area (Å²) in [7, 11) is 0. The number of hydrogen-bond acceptors (Lipinski definition) is 4. The molecule has 0 saturated heterocycles. The normalized spacial score (nSPS) is 18.7. The van der Waals surface area contributed by atoms with Crippen molar-refractivity contribution in [3.63, 3.8) is 0 Å². The lowest BCUT2D eigenvalue weighted by atomic mass is 9.95. The Hall–Kier alpha value is -2.86. The maximum Gasteiger partial charge on any atom is 0.262 e. The zero-order valence-corrected chi connectivity index (χ0v) is 15.2. The topological polar surface area (TPSA) is 93.5 Å². The third-order valence-corrected chi connectivity index (χ3v) is 4.83. The number of hydrogen-bond donors (Lipinski definition) is 3. The van der Waals surface area contributed by atoms with Gasteiger partial charge in [0.15, 0.2) is 6.61 Å². The maximum absolute atomic E-state index is 12.5. The van der Waals surface area contributed by atoms with Crippen molar-refractivity contribution in [2.24, 2.45) is 17.6 Å². The molecule has 3 rings (SSSR count). The second-order valence-electron chi connectivity index (χ2n) is 6.75. The predicted octanol–water partition coefficient (Wildman–Crippen LogP) is 3.02. The highest BCUT2D eigenvalue weighted by molar-refractivity contribution is 5.93. The van der Waals surface area contributed by atoms with Crippen LogP contribution in [-0.4, -0.2) is 25.0 Å². The summed E-state index contributed by atoms with van der Waals surface area (Å²) in [5.41, 5.74) is 7.14. The smallest absolute Gasteiger partial charge is 0.262 e. The van der Waals surface area contributed by atoms with E-state index in [0.717, 1.165) is 24.9 Å². The summed E-state index contributed by atoms with van der Waals surface area (Å²) in [6.45, 7) is 0.432. The van der Waals surface area contributed by atoms with Gasteiger partial charge in [-0.15, -0.1) is 0 Å². The van der Waals surface area contributed by atoms with Gasteiger partial charge in [0.05, 0.1) is 0 Å². The third-order valence-electron chi connectivity index (χ3n) is 4.83. The summed E-state index contributed by atoms with van der Waals surface area (Å²) < 4.78 is 5.55. The van der Waals surface area contributed by atoms with E-state index in [9.17, 15) is 9.59 Å². The van der Waals surface area contributed by atoms with Crippen LogP contribution in [0.2, 0.25) is 0 Å². The van der Waals surface area contributed by atoms with Crippen molar-refractivity contribution in [3.05, 3.63) is 54.6 Å². The average Bonchev–Trinajstić information content (AvgIpc) is 3.16. The van der Waals surface area contributed by atoms with Gasteiger partial charge in [-0.25, -0.2) is 0 Å². The lowest BCUT2D eigenvalue weighted by Gasteiger charge is -2.17. The molecule has 4 N–H and O–H groups in total. The second-order valence-corrected chi connectivity index (χ2v) is 6.75. The molecule has 2 atom stereocenters. The van der Waals surface area contributed by atoms with E-state index in [1.807, 2.05) is 30.3 Å². The minimum Gasteiger partial charge on any atom is -0.484 e. The van der Waals surface area contributed by atoms with Crippen LogP contribution >= 0.6 is 0 Å². The Labute approximate surface area is 159 Å². The van der Waals surface area contributed by atoms with Gasteiger partial charge in [-0.1, -0.05) is 30.7 Å². The molecule has 27 heavy (non-hydrogen) atoms. The molecule has 1 aliphatic carbocycles. The van der Waals surface area contributed by atoms with E-state index in [1.165, 1.54) is 0 Å². The van der Waals surface area contributed by atoms with Crippen molar-refractivity contribution in [1.29, 1.82) is 0 Å². The van der Waals surface area contributed by atoms with Crippen LogP contribution in [0.25, 0.3) is 0 Å². The van der Waals surface area contributed by atoms with E-state index in [-0.39, 0.29) is 30.3 Å². The molecule has 0 heterocycles. The van der Waals surface area contributed by atoms with Crippen LogP contribution in [0.4, 0.5) is 11.4 Å². The van der Waals surface area contributed by atoms with Crippen LogP contribution in [0.1, 0.15) is 19.3 Å². The molecule has 6 heteroatoms. The molecular formula is C21H25N3O3. The maximum atomic E-state index is 12.5. The van der Waals surface area contributed by atoms with Crippen LogP contribution in [-0.2, 0) is 9.59 Å². The molecule has 0 bridgehead atoms. The van der Waals surface area contributed by atoms with Crippen LogP contribution in [0.3, 0.4) is 0 Å². The number of benzene rings is 2. The van der Waals surface area contributed by atoms with Crippen molar-refractivity contribution in [1.82, 2.24) is 0 Å². The molecular weight excluding hydrogens is 342 g/mol. The SMILES string of the molecule is NC[C@H]1CCC[C@H]1C(=O)Nc1cccc(OCC(=O)Nc2ccccc2)c1. The van der Waals surface area contributed by atoms with Crippen molar-refractivity contribution < 1.29 is 14.3 Å². The fraction of sp³-hybridized carbons (Fsp3) is 0.333. The number of nitrogens with two attached hydrogens (primary N) is 1. The van der Waals surface area contributed by atoms with Gasteiger partial charge in [0.2, 0.25) is 5.91 Å². The summed E-state index contributed by atoms with van der Waals surface area (Å²) in [5.74, 6) is 0.509. The summed E-state index contributed by atoms with van der Waals surface area (Å²) >= 11 is 0. The van der Waals surface area contributed by atoms with Crippen LogP contribution in [0.5, 0.6) is 5.75 Å². The molecule has 1 fully saturated rings. The molecule has 0 radical (unpaired) electrons. The number of carbonyl (C=O) groups excluding carboxylic acids is 2. The summed E-state index contributed by atoms with van der Waals surface area (Å²) in [6, 6.07) is 16.3. The van der Waals surface area contributed by atoms with E-state index in [4.69, 9.17) is 10.5 Å². The number of carbonyl (C=O) groups is 2. The standard InChI is InChI=1S/C21H25N3O3/c22-13-15-6-4-11-19(15)21(26)24-17-9-5-10-18(12-17)27-14-20(25)23-16-7-2-1-3-8-16/h1-3,5,7-10,12,15,19H,4,6,11,13-14,22H2,(H,23,25)(H,24,26)/t15-,19-/m1/s1. The molecule has 2 aromatic rings. The molecule has 1 aliphatic rings. The van der Waals surface area contributed by atoms with E-state index in [0.29, 0.717) is 18.0 Å². The summed E-state index contributed by atoms with van der Waals surface area (Å²) in [4.78, 5) is 24.5. The van der Waals surface area contributed by atoms with Crippen LogP contribution in [0.15, 0.2) is 54.6 Å². The molecule has 0 spiro atoms. The number of amides is 2. The lowest BCUT2D eigenvalue weighted by Crippen LogP contribution is -2.29. The van der Waals surface area contributed by atoms with Crippen LogP contribution in [0, 0.1) is 11.8 Å². The number of ether oxygens (including phenoxy) is 1. The van der Waals surface area contributed by atoms with Crippen molar-refractivity contribution in [3.8, 4) is 5.75 Å². The highest BCUT2D eigenvalue weighted by atomic mass is 16.5. The first-order valence-corrected chi connectivity index (χ1v) is 9.24. The highest BCUT2D eigenvalue weighted by Gasteiger charge is 2.31. The largest absolute Gasteiger partial charge is 0.484 e. The third kappa shape index (κ3) is 5.31. The molecule has 0 unspecified atom stereocenters. The van der Waals surface area contributed by atoms with Crippen molar-refractivity contribution in [2.75, 3.05) is 23.8 Å². The number of para-hydroxylation sites is 1. The van der Waals surface area contributed by atoms with E-state index >= 15 is 0 Å². The number of anilines is 2. The molecule has 2 aromatic carbocycles. The number of nitrogens with one attached hydrogen (secondary N) is 2. The molecule has 6 nitrogen and oxygen atoms in total. The van der Waals surface area contributed by atoms with Gasteiger partial charge in [-0.05, 0) is 49.6 Å². The Morgan fingerprint density at radius 3 is 2.56 bits per heavy atom. The Bertz CT molecular complexity index is 779. The Morgan fingerprint density at radius 2 is 1.78 bits per heavy atom. The van der Waals surface area contributed by atoms with Gasteiger partial charge in [-0.2, -0.15) is 0 Å². The highest BCUT2D eigenvalue weighted by Crippen LogP contribution is 2.32. The fourth-order valence-electron chi connectivity index (χ4n) is 3.43. The second kappa shape index (κ2) is 9.19. The Balaban J connectivity index is 1.52. The Kier molecular flexibility index (Phi) is 6.44. The first kappa shape index (κ1) is 18.9. The van der Waals surface area contributed by atoms with Gasteiger partial charge >= 0.3 is 0 Å². The minimum absolute atomic E-state index is 0.00178. The van der Waals surface area contributed by atoms with E-state index in [1.54, 1.807) is 24.3 Å². The van der Waals surface area contributed by atoms with Gasteiger partial charge in [0.1, 0.15) is 5.75 Å². The van der Waals surface area contributed by atoms with Gasteiger partial charge < -0.3 is 21.1 Å². The average molecular weight is 367 g/mol. The first-order valence-electron chi connectivity index (χ1n) is 9.24. The molecule has 0 aliphatic heterocycles. The first-order chi connectivity index (χ1) is 13.2. The molecule has 1 saturated carbocycles. The Morgan fingerprint density at radius 1 is 1.00 bits per heavy atom. The molecule has 0 aromatic heterocycles. The minimum atomic E-state index is -0.243. The van der Waals surface area contributed by atoms with E-state index < -0.39 is 0 Å². The van der Waals surface area contributed by atoms with Crippen LogP contribution < -0.4 is 21.1 Å². The van der Waals surface area contributed by atoms with E-state index in [2.05, 4.69) is 10.6 Å². The van der Waals surface area contributed by atoms with Crippen molar-refractivity contribution >= 4 is 23.2 Å². The zero-order chi connectivity index (χ0) is 19.1. The fourth-order valence-corrected chi connectivity index (χ4v) is 3.43. The predicted molar refractivity (Wildman–Crippen MR) is 106 cm³/mol. The summed E-state index contributed by atoms with van der Waals surface area (Å²) in [5, 5.41) is 5.70. The van der Waals surface area contributed by atoms with Gasteiger partial charge in [0.25, 0.3) is 5.91 Å². The molecule has 2 amide bonds.